The van der Waals surface area contributed by atoms with Crippen LogP contribution in [0.5, 0.6) is 5.75 Å². The molecule has 0 aliphatic heterocycles. The summed E-state index contributed by atoms with van der Waals surface area (Å²) in [4.78, 5) is 0. The van der Waals surface area contributed by atoms with E-state index in [1.165, 1.54) is 6.20 Å². The lowest BCUT2D eigenvalue weighted by atomic mass is 10.2. The van der Waals surface area contributed by atoms with E-state index >= 15 is 0 Å². The highest BCUT2D eigenvalue weighted by Crippen LogP contribution is 2.18. The fourth-order valence-corrected chi connectivity index (χ4v) is 1.90. The first-order valence-corrected chi connectivity index (χ1v) is 6.39. The lowest BCUT2D eigenvalue weighted by Crippen LogP contribution is -2.23. The van der Waals surface area contributed by atoms with Crippen molar-refractivity contribution in [3.05, 3.63) is 47.8 Å². The number of aromatic nitrogens is 2. The van der Waals surface area contributed by atoms with Gasteiger partial charge in [-0.2, -0.15) is 18.3 Å². The summed E-state index contributed by atoms with van der Waals surface area (Å²) >= 11 is 0. The number of halogens is 3. The highest BCUT2D eigenvalue weighted by molar-refractivity contribution is 5.27. The molecule has 0 unspecified atom stereocenters. The Morgan fingerprint density at radius 3 is 2.48 bits per heavy atom. The number of nitrogens with zero attached hydrogens (tertiary/aromatic N) is 2. The Morgan fingerprint density at radius 1 is 1.14 bits per heavy atom. The average molecular weight is 299 g/mol. The highest BCUT2D eigenvalue weighted by atomic mass is 19.4. The molecule has 0 saturated heterocycles. The second kappa shape index (κ2) is 6.62. The van der Waals surface area contributed by atoms with Crippen molar-refractivity contribution in [2.45, 2.75) is 25.8 Å². The fraction of sp³-hybridized carbons (Fsp3) is 0.357. The van der Waals surface area contributed by atoms with E-state index < -0.39 is 12.7 Å². The van der Waals surface area contributed by atoms with Gasteiger partial charge in [0, 0.05) is 19.3 Å². The van der Waals surface area contributed by atoms with Crippen LogP contribution < -0.4 is 10.1 Å². The third kappa shape index (κ3) is 4.78. The number of alkyl halides is 3. The monoisotopic (exact) mass is 299 g/mol. The van der Waals surface area contributed by atoms with Gasteiger partial charge in [0.15, 0.2) is 0 Å². The Hall–Kier alpha value is -2.02. The van der Waals surface area contributed by atoms with E-state index in [0.717, 1.165) is 16.0 Å². The average Bonchev–Trinajstić information content (AvgIpc) is 2.85. The van der Waals surface area contributed by atoms with Gasteiger partial charge in [0.2, 0.25) is 0 Å². The summed E-state index contributed by atoms with van der Waals surface area (Å²) in [5.41, 5.74) is 1.53. The lowest BCUT2D eigenvalue weighted by Gasteiger charge is -2.11. The fourth-order valence-electron chi connectivity index (χ4n) is 1.90. The zero-order valence-corrected chi connectivity index (χ0v) is 11.5. The lowest BCUT2D eigenvalue weighted by molar-refractivity contribution is -0.143. The van der Waals surface area contributed by atoms with Gasteiger partial charge in [0.05, 0.1) is 12.8 Å². The molecular formula is C14H16F3N3O. The van der Waals surface area contributed by atoms with Crippen molar-refractivity contribution in [2.75, 3.05) is 7.11 Å². The largest absolute Gasteiger partial charge is 0.497 e. The van der Waals surface area contributed by atoms with Crippen LogP contribution >= 0.6 is 0 Å². The molecule has 1 aromatic carbocycles. The highest BCUT2D eigenvalue weighted by Gasteiger charge is 2.29. The van der Waals surface area contributed by atoms with Crippen LogP contribution in [0.2, 0.25) is 0 Å². The number of rotatable bonds is 6. The van der Waals surface area contributed by atoms with Crippen molar-refractivity contribution in [1.82, 2.24) is 15.1 Å². The van der Waals surface area contributed by atoms with Crippen molar-refractivity contribution in [3.63, 3.8) is 0 Å². The van der Waals surface area contributed by atoms with E-state index in [2.05, 4.69) is 10.4 Å². The first-order chi connectivity index (χ1) is 9.98. The molecule has 0 spiro atoms. The number of benzene rings is 1. The molecule has 0 aliphatic rings. The van der Waals surface area contributed by atoms with Gasteiger partial charge in [-0.1, -0.05) is 12.1 Å². The Balaban J connectivity index is 1.87. The Kier molecular flexibility index (Phi) is 4.85. The van der Waals surface area contributed by atoms with Gasteiger partial charge in [-0.05, 0) is 23.8 Å². The molecular weight excluding hydrogens is 283 g/mol. The van der Waals surface area contributed by atoms with Gasteiger partial charge in [-0.25, -0.2) is 0 Å². The van der Waals surface area contributed by atoms with Gasteiger partial charge in [0.25, 0.3) is 0 Å². The van der Waals surface area contributed by atoms with E-state index in [-0.39, 0.29) is 0 Å². The molecule has 2 rings (SSSR count). The third-order valence-electron chi connectivity index (χ3n) is 2.93. The molecule has 0 bridgehead atoms. The molecule has 7 heteroatoms. The number of ether oxygens (including phenoxy) is 1. The zero-order chi connectivity index (χ0) is 15.3. The Morgan fingerprint density at radius 2 is 1.86 bits per heavy atom. The molecule has 21 heavy (non-hydrogen) atoms. The predicted octanol–water partition coefficient (Wildman–Crippen LogP) is 2.74. The Bertz CT molecular complexity index is 564. The minimum absolute atomic E-state index is 0.322. The molecule has 1 aromatic heterocycles. The van der Waals surface area contributed by atoms with E-state index in [1.54, 1.807) is 13.2 Å². The van der Waals surface area contributed by atoms with E-state index in [0.29, 0.717) is 18.8 Å². The van der Waals surface area contributed by atoms with E-state index in [4.69, 9.17) is 4.74 Å². The summed E-state index contributed by atoms with van der Waals surface area (Å²) in [5.74, 6) is 0.766. The molecule has 4 nitrogen and oxygen atoms in total. The molecule has 0 aliphatic carbocycles. The van der Waals surface area contributed by atoms with Crippen LogP contribution in [-0.2, 0) is 19.6 Å². The number of hydrogen-bond donors (Lipinski definition) is 1. The second-order valence-corrected chi connectivity index (χ2v) is 4.55. The summed E-state index contributed by atoms with van der Waals surface area (Å²) < 4.78 is 43.1. The maximum absolute atomic E-state index is 12.4. The molecule has 1 N–H and O–H groups in total. The van der Waals surface area contributed by atoms with Crippen LogP contribution in [-0.4, -0.2) is 23.1 Å². The molecule has 0 saturated carbocycles. The summed E-state index contributed by atoms with van der Waals surface area (Å²) in [7, 11) is 1.59. The SMILES string of the molecule is COc1ccc(CNCc2ccnn2CC(F)(F)F)cc1. The molecule has 0 atom stereocenters. The first-order valence-electron chi connectivity index (χ1n) is 6.39. The summed E-state index contributed by atoms with van der Waals surface area (Å²) in [6.45, 7) is -0.192. The van der Waals surface area contributed by atoms with Gasteiger partial charge in [0.1, 0.15) is 12.3 Å². The molecule has 2 aromatic rings. The van der Waals surface area contributed by atoms with Crippen molar-refractivity contribution >= 4 is 0 Å². The molecule has 114 valence electrons. The van der Waals surface area contributed by atoms with Crippen LogP contribution in [0.1, 0.15) is 11.3 Å². The maximum Gasteiger partial charge on any atom is 0.408 e. The molecule has 0 fully saturated rings. The first kappa shape index (κ1) is 15.4. The van der Waals surface area contributed by atoms with Crippen LogP contribution in [0.25, 0.3) is 0 Å². The quantitative estimate of drug-likeness (QED) is 0.891. The minimum Gasteiger partial charge on any atom is -0.497 e. The van der Waals surface area contributed by atoms with Crippen LogP contribution in [0.15, 0.2) is 36.5 Å². The number of methoxy groups -OCH3 is 1. The number of hydrogen-bond acceptors (Lipinski definition) is 3. The van der Waals surface area contributed by atoms with Crippen LogP contribution in [0.3, 0.4) is 0 Å². The van der Waals surface area contributed by atoms with Crippen molar-refractivity contribution in [1.29, 1.82) is 0 Å². The molecule has 1 heterocycles. The third-order valence-corrected chi connectivity index (χ3v) is 2.93. The second-order valence-electron chi connectivity index (χ2n) is 4.55. The molecule has 0 radical (unpaired) electrons. The smallest absolute Gasteiger partial charge is 0.408 e. The standard InChI is InChI=1S/C14H16F3N3O/c1-21-13-4-2-11(3-5-13)8-18-9-12-6-7-19-20(12)10-14(15,16)17/h2-7,18H,8-10H2,1H3. The van der Waals surface area contributed by atoms with Gasteiger partial charge >= 0.3 is 6.18 Å². The van der Waals surface area contributed by atoms with Crippen molar-refractivity contribution < 1.29 is 17.9 Å². The van der Waals surface area contributed by atoms with Crippen LogP contribution in [0.4, 0.5) is 13.2 Å². The van der Waals surface area contributed by atoms with Gasteiger partial charge < -0.3 is 10.1 Å². The van der Waals surface area contributed by atoms with Crippen molar-refractivity contribution in [3.8, 4) is 5.75 Å². The topological polar surface area (TPSA) is 39.1 Å². The minimum atomic E-state index is -4.27. The summed E-state index contributed by atoms with van der Waals surface area (Å²) in [6.07, 6.45) is -2.90. The van der Waals surface area contributed by atoms with E-state index in [1.807, 2.05) is 24.3 Å². The maximum atomic E-state index is 12.4. The summed E-state index contributed by atoms with van der Waals surface area (Å²) in [6, 6.07) is 9.06. The van der Waals surface area contributed by atoms with Gasteiger partial charge in [-0.15, -0.1) is 0 Å². The van der Waals surface area contributed by atoms with Gasteiger partial charge in [-0.3, -0.25) is 4.68 Å². The summed E-state index contributed by atoms with van der Waals surface area (Å²) in [5, 5.41) is 6.79. The molecule has 0 amide bonds. The van der Waals surface area contributed by atoms with E-state index in [9.17, 15) is 13.2 Å². The zero-order valence-electron chi connectivity index (χ0n) is 11.5. The number of nitrogens with one attached hydrogen (secondary N) is 1. The predicted molar refractivity (Wildman–Crippen MR) is 71.8 cm³/mol. The van der Waals surface area contributed by atoms with Crippen LogP contribution in [0, 0.1) is 0 Å². The normalized spacial score (nSPS) is 11.6. The van der Waals surface area contributed by atoms with Crippen molar-refractivity contribution in [2.24, 2.45) is 0 Å². The Labute approximate surface area is 120 Å².